The van der Waals surface area contributed by atoms with Crippen LogP contribution >= 0.6 is 0 Å². The van der Waals surface area contributed by atoms with Gasteiger partial charge < -0.3 is 15.2 Å². The molecule has 0 aliphatic carbocycles. The zero-order valence-electron chi connectivity index (χ0n) is 13.0. The Hall–Kier alpha value is -1.10. The van der Waals surface area contributed by atoms with E-state index in [9.17, 15) is 0 Å². The predicted molar refractivity (Wildman–Crippen MR) is 83.4 cm³/mol. The van der Waals surface area contributed by atoms with Crippen molar-refractivity contribution in [1.29, 1.82) is 0 Å². The van der Waals surface area contributed by atoms with Crippen molar-refractivity contribution in [2.75, 3.05) is 26.8 Å². The fourth-order valence-electron chi connectivity index (χ4n) is 3.82. The summed E-state index contributed by atoms with van der Waals surface area (Å²) in [6, 6.07) is 9.22. The molecular formula is C17H26N2O2. The molecule has 1 saturated heterocycles. The second kappa shape index (κ2) is 6.34. The molecule has 2 heterocycles. The molecule has 0 radical (unpaired) electrons. The number of methoxy groups -OCH3 is 1. The maximum Gasteiger partial charge on any atom is 0.124 e. The van der Waals surface area contributed by atoms with Crippen molar-refractivity contribution in [3.8, 4) is 5.75 Å². The number of ether oxygens (including phenoxy) is 2. The van der Waals surface area contributed by atoms with Crippen LogP contribution in [-0.4, -0.2) is 43.9 Å². The van der Waals surface area contributed by atoms with Crippen molar-refractivity contribution in [3.63, 3.8) is 0 Å². The summed E-state index contributed by atoms with van der Waals surface area (Å²) in [7, 11) is 1.81. The van der Waals surface area contributed by atoms with Crippen molar-refractivity contribution >= 4 is 0 Å². The standard InChI is InChI=1S/C17H26N2O2/c1-12-11-21-16-6-4-3-5-15(16)17(12)19-8-7-14(20-2)9-13(19)10-18/h3-6,12-14,17H,7-11,18H2,1-2H3. The van der Waals surface area contributed by atoms with Crippen LogP contribution in [0.25, 0.3) is 0 Å². The highest BCUT2D eigenvalue weighted by atomic mass is 16.5. The van der Waals surface area contributed by atoms with Crippen molar-refractivity contribution in [2.45, 2.75) is 38.0 Å². The van der Waals surface area contributed by atoms with Crippen LogP contribution in [0.5, 0.6) is 5.75 Å². The lowest BCUT2D eigenvalue weighted by molar-refractivity contribution is -0.0252. The van der Waals surface area contributed by atoms with E-state index in [0.717, 1.165) is 31.7 Å². The highest BCUT2D eigenvalue weighted by Gasteiger charge is 2.38. The van der Waals surface area contributed by atoms with E-state index in [-0.39, 0.29) is 0 Å². The van der Waals surface area contributed by atoms with Gasteiger partial charge in [0.25, 0.3) is 0 Å². The van der Waals surface area contributed by atoms with E-state index >= 15 is 0 Å². The lowest BCUT2D eigenvalue weighted by atomic mass is 9.86. The minimum Gasteiger partial charge on any atom is -0.493 e. The number of nitrogens with two attached hydrogens (primary N) is 1. The number of likely N-dealkylation sites (tertiary alicyclic amines) is 1. The number of rotatable bonds is 3. The van der Waals surface area contributed by atoms with Gasteiger partial charge in [-0.2, -0.15) is 0 Å². The molecule has 2 aliphatic heterocycles. The fourth-order valence-corrected chi connectivity index (χ4v) is 3.82. The quantitative estimate of drug-likeness (QED) is 0.927. The van der Waals surface area contributed by atoms with Crippen molar-refractivity contribution in [2.24, 2.45) is 11.7 Å². The van der Waals surface area contributed by atoms with Gasteiger partial charge in [0.1, 0.15) is 5.75 Å². The molecule has 2 N–H and O–H groups in total. The summed E-state index contributed by atoms with van der Waals surface area (Å²) in [5.41, 5.74) is 7.36. The Morgan fingerprint density at radius 3 is 2.95 bits per heavy atom. The van der Waals surface area contributed by atoms with Gasteiger partial charge in [0.05, 0.1) is 12.7 Å². The largest absolute Gasteiger partial charge is 0.493 e. The number of benzene rings is 1. The second-order valence-corrected chi connectivity index (χ2v) is 6.28. The monoisotopic (exact) mass is 290 g/mol. The van der Waals surface area contributed by atoms with Crippen molar-refractivity contribution in [3.05, 3.63) is 29.8 Å². The van der Waals surface area contributed by atoms with Crippen LogP contribution in [0.4, 0.5) is 0 Å². The van der Waals surface area contributed by atoms with Gasteiger partial charge in [-0.25, -0.2) is 0 Å². The number of hydrogen-bond donors (Lipinski definition) is 1. The molecule has 4 unspecified atom stereocenters. The average molecular weight is 290 g/mol. The zero-order chi connectivity index (χ0) is 14.8. The second-order valence-electron chi connectivity index (χ2n) is 6.28. The maximum absolute atomic E-state index is 6.05. The third kappa shape index (κ3) is 2.80. The Morgan fingerprint density at radius 2 is 2.19 bits per heavy atom. The summed E-state index contributed by atoms with van der Waals surface area (Å²) in [5, 5.41) is 0. The summed E-state index contributed by atoms with van der Waals surface area (Å²) in [6.07, 6.45) is 2.46. The molecule has 3 rings (SSSR count). The molecule has 0 aromatic heterocycles. The van der Waals surface area contributed by atoms with Crippen molar-refractivity contribution in [1.82, 2.24) is 4.90 Å². The molecule has 0 bridgehead atoms. The smallest absolute Gasteiger partial charge is 0.124 e. The molecule has 1 fully saturated rings. The van der Waals surface area contributed by atoms with E-state index in [4.69, 9.17) is 15.2 Å². The van der Waals surface area contributed by atoms with Gasteiger partial charge in [0.15, 0.2) is 0 Å². The number of para-hydroxylation sites is 1. The molecule has 4 atom stereocenters. The van der Waals surface area contributed by atoms with E-state index in [1.807, 2.05) is 6.07 Å². The van der Waals surface area contributed by atoms with Crippen molar-refractivity contribution < 1.29 is 9.47 Å². The Bertz CT molecular complexity index is 480. The molecule has 0 spiro atoms. The lowest BCUT2D eigenvalue weighted by Crippen LogP contribution is -2.52. The van der Waals surface area contributed by atoms with Crippen LogP contribution in [0, 0.1) is 5.92 Å². The van der Waals surface area contributed by atoms with Crippen LogP contribution in [0.2, 0.25) is 0 Å². The number of nitrogens with zero attached hydrogens (tertiary/aromatic N) is 1. The average Bonchev–Trinajstić information content (AvgIpc) is 2.54. The molecule has 4 heteroatoms. The fraction of sp³-hybridized carbons (Fsp3) is 0.647. The van der Waals surface area contributed by atoms with Crippen LogP contribution in [0.3, 0.4) is 0 Å². The lowest BCUT2D eigenvalue weighted by Gasteiger charge is -2.47. The Morgan fingerprint density at radius 1 is 1.38 bits per heavy atom. The molecule has 21 heavy (non-hydrogen) atoms. The van der Waals surface area contributed by atoms with Gasteiger partial charge in [0.2, 0.25) is 0 Å². The summed E-state index contributed by atoms with van der Waals surface area (Å²) in [6.45, 7) is 4.79. The minimum absolute atomic E-state index is 0.347. The first kappa shape index (κ1) is 14.8. The zero-order valence-corrected chi connectivity index (χ0v) is 13.0. The van der Waals surface area contributed by atoms with Crippen LogP contribution in [-0.2, 0) is 4.74 Å². The third-order valence-electron chi connectivity index (χ3n) is 4.95. The summed E-state index contributed by atoms with van der Waals surface area (Å²) >= 11 is 0. The topological polar surface area (TPSA) is 47.7 Å². The normalized spacial score (nSPS) is 33.3. The highest BCUT2D eigenvalue weighted by Crippen LogP contribution is 2.41. The molecule has 0 amide bonds. The molecule has 2 aliphatic rings. The van der Waals surface area contributed by atoms with E-state index < -0.39 is 0 Å². The van der Waals surface area contributed by atoms with Gasteiger partial charge in [-0.1, -0.05) is 25.1 Å². The molecule has 116 valence electrons. The molecule has 1 aromatic rings. The molecule has 4 nitrogen and oxygen atoms in total. The number of fused-ring (bicyclic) bond motifs is 1. The maximum atomic E-state index is 6.05. The van der Waals surface area contributed by atoms with E-state index in [0.29, 0.717) is 30.7 Å². The third-order valence-corrected chi connectivity index (χ3v) is 4.95. The Kier molecular flexibility index (Phi) is 4.48. The minimum atomic E-state index is 0.347. The number of hydrogen-bond acceptors (Lipinski definition) is 4. The first-order valence-corrected chi connectivity index (χ1v) is 7.95. The molecular weight excluding hydrogens is 264 g/mol. The van der Waals surface area contributed by atoms with Gasteiger partial charge in [-0.15, -0.1) is 0 Å². The van der Waals surface area contributed by atoms with Gasteiger partial charge in [-0.3, -0.25) is 4.90 Å². The van der Waals surface area contributed by atoms with E-state index in [2.05, 4.69) is 30.0 Å². The molecule has 0 saturated carbocycles. The van der Waals surface area contributed by atoms with Crippen LogP contribution in [0.1, 0.15) is 31.4 Å². The van der Waals surface area contributed by atoms with E-state index in [1.54, 1.807) is 7.11 Å². The Balaban J connectivity index is 1.88. The first-order chi connectivity index (χ1) is 10.2. The highest BCUT2D eigenvalue weighted by molar-refractivity contribution is 5.38. The van der Waals surface area contributed by atoms with E-state index in [1.165, 1.54) is 5.56 Å². The number of piperidine rings is 1. The van der Waals surface area contributed by atoms with Gasteiger partial charge in [-0.05, 0) is 18.9 Å². The summed E-state index contributed by atoms with van der Waals surface area (Å²) in [4.78, 5) is 2.58. The Labute approximate surface area is 127 Å². The summed E-state index contributed by atoms with van der Waals surface area (Å²) < 4.78 is 11.4. The predicted octanol–water partition coefficient (Wildman–Crippen LogP) is 2.19. The van der Waals surface area contributed by atoms with Gasteiger partial charge >= 0.3 is 0 Å². The van der Waals surface area contributed by atoms with Crippen LogP contribution in [0.15, 0.2) is 24.3 Å². The van der Waals surface area contributed by atoms with Crippen LogP contribution < -0.4 is 10.5 Å². The first-order valence-electron chi connectivity index (χ1n) is 7.95. The SMILES string of the molecule is COC1CCN(C2c3ccccc3OCC2C)C(CN)C1. The summed E-state index contributed by atoms with van der Waals surface area (Å²) in [5.74, 6) is 1.51. The molecule has 1 aromatic carbocycles. The van der Waals surface area contributed by atoms with Gasteiger partial charge in [0, 0.05) is 43.8 Å².